The van der Waals surface area contributed by atoms with Crippen LogP contribution in [0.4, 0.5) is 0 Å². The molecule has 2 aromatic rings. The predicted molar refractivity (Wildman–Crippen MR) is 94.3 cm³/mol. The van der Waals surface area contributed by atoms with Gasteiger partial charge in [0.15, 0.2) is 0 Å². The van der Waals surface area contributed by atoms with Crippen molar-refractivity contribution in [1.82, 2.24) is 4.57 Å². The minimum atomic E-state index is -0.314. The highest BCUT2D eigenvalue weighted by molar-refractivity contribution is 5.89. The Kier molecular flexibility index (Phi) is 6.62. The number of unbranched alkanes of at least 4 members (excludes halogenated alkanes) is 3. The second-order valence-electron chi connectivity index (χ2n) is 5.79. The quantitative estimate of drug-likeness (QED) is 0.524. The number of rotatable bonds is 8. The molecule has 0 spiro atoms. The highest BCUT2D eigenvalue weighted by atomic mass is 16.5. The van der Waals surface area contributed by atoms with E-state index in [4.69, 9.17) is 4.74 Å². The van der Waals surface area contributed by atoms with Crippen LogP contribution in [0.25, 0.3) is 5.69 Å². The summed E-state index contributed by atoms with van der Waals surface area (Å²) in [6, 6.07) is 9.52. The van der Waals surface area contributed by atoms with Gasteiger partial charge in [0.05, 0.1) is 17.7 Å². The van der Waals surface area contributed by atoms with Crippen molar-refractivity contribution in [1.29, 1.82) is 5.26 Å². The van der Waals surface area contributed by atoms with Gasteiger partial charge in [-0.3, -0.25) is 0 Å². The van der Waals surface area contributed by atoms with Crippen LogP contribution in [0.15, 0.2) is 36.7 Å². The average molecular weight is 324 g/mol. The molecular weight excluding hydrogens is 300 g/mol. The molecule has 0 saturated heterocycles. The van der Waals surface area contributed by atoms with Crippen molar-refractivity contribution >= 4 is 5.97 Å². The number of carbonyl (C=O) groups excluding carboxylic acids is 1. The summed E-state index contributed by atoms with van der Waals surface area (Å²) in [6.07, 6.45) is 9.54. The fraction of sp³-hybridized carbons (Fsp3) is 0.400. The molecule has 24 heavy (non-hydrogen) atoms. The molecule has 0 unspecified atom stereocenters. The Morgan fingerprint density at radius 3 is 2.50 bits per heavy atom. The van der Waals surface area contributed by atoms with Gasteiger partial charge in [-0.15, -0.1) is 0 Å². The molecule has 0 saturated carbocycles. The van der Waals surface area contributed by atoms with Gasteiger partial charge in [0.25, 0.3) is 0 Å². The van der Waals surface area contributed by atoms with Gasteiger partial charge in [0, 0.05) is 18.1 Å². The van der Waals surface area contributed by atoms with Crippen molar-refractivity contribution in [3.05, 3.63) is 53.3 Å². The van der Waals surface area contributed by atoms with Crippen LogP contribution in [0.2, 0.25) is 0 Å². The van der Waals surface area contributed by atoms with Gasteiger partial charge in [-0.2, -0.15) is 5.26 Å². The predicted octanol–water partition coefficient (Wildman–Crippen LogP) is 4.65. The Morgan fingerprint density at radius 2 is 1.88 bits per heavy atom. The number of benzene rings is 1. The van der Waals surface area contributed by atoms with Crippen LogP contribution in [0.5, 0.6) is 0 Å². The summed E-state index contributed by atoms with van der Waals surface area (Å²) < 4.78 is 6.94. The normalized spacial score (nSPS) is 10.4. The van der Waals surface area contributed by atoms with Crippen molar-refractivity contribution in [2.24, 2.45) is 0 Å². The van der Waals surface area contributed by atoms with Gasteiger partial charge in [0.2, 0.25) is 0 Å². The lowest BCUT2D eigenvalue weighted by Gasteiger charge is -2.05. The lowest BCUT2D eigenvalue weighted by Crippen LogP contribution is -2.04. The van der Waals surface area contributed by atoms with E-state index in [1.807, 2.05) is 29.1 Å². The topological polar surface area (TPSA) is 55.0 Å². The second-order valence-corrected chi connectivity index (χ2v) is 5.79. The number of esters is 1. The Hall–Kier alpha value is -2.54. The minimum Gasteiger partial charge on any atom is -0.462 e. The average Bonchev–Trinajstić information content (AvgIpc) is 3.02. The molecule has 1 heterocycles. The van der Waals surface area contributed by atoms with Crippen molar-refractivity contribution < 1.29 is 9.53 Å². The Morgan fingerprint density at radius 1 is 1.12 bits per heavy atom. The van der Waals surface area contributed by atoms with Crippen LogP contribution in [-0.2, 0) is 11.2 Å². The third-order valence-electron chi connectivity index (χ3n) is 4.01. The number of carbonyl (C=O) groups is 1. The molecule has 0 fully saturated rings. The zero-order chi connectivity index (χ0) is 17.4. The summed E-state index contributed by atoms with van der Waals surface area (Å²) in [5.74, 6) is -0.314. The fourth-order valence-corrected chi connectivity index (χ4v) is 2.67. The molecule has 0 bridgehead atoms. The number of ether oxygens (including phenoxy) is 1. The molecule has 1 aromatic heterocycles. The molecule has 0 radical (unpaired) electrons. The summed E-state index contributed by atoms with van der Waals surface area (Å²) in [6.45, 7) is 4.35. The number of hydrogen-bond acceptors (Lipinski definition) is 3. The van der Waals surface area contributed by atoms with E-state index in [1.165, 1.54) is 19.3 Å². The molecule has 1 aromatic carbocycles. The molecule has 0 aliphatic heterocycles. The first-order valence-corrected chi connectivity index (χ1v) is 8.58. The van der Waals surface area contributed by atoms with Crippen molar-refractivity contribution in [2.75, 3.05) is 6.61 Å². The summed E-state index contributed by atoms with van der Waals surface area (Å²) in [7, 11) is 0. The molecule has 0 atom stereocenters. The number of hydrogen-bond donors (Lipinski definition) is 0. The van der Waals surface area contributed by atoms with E-state index < -0.39 is 0 Å². The first-order valence-electron chi connectivity index (χ1n) is 8.58. The van der Waals surface area contributed by atoms with Crippen molar-refractivity contribution in [3.63, 3.8) is 0 Å². The summed E-state index contributed by atoms with van der Waals surface area (Å²) >= 11 is 0. The van der Waals surface area contributed by atoms with Crippen LogP contribution < -0.4 is 0 Å². The Balaban J connectivity index is 2.12. The first kappa shape index (κ1) is 17.8. The highest BCUT2D eigenvalue weighted by Gasteiger charge is 2.09. The largest absolute Gasteiger partial charge is 0.462 e. The number of aromatic nitrogens is 1. The van der Waals surface area contributed by atoms with E-state index in [0.717, 1.165) is 29.7 Å². The monoisotopic (exact) mass is 324 g/mol. The molecule has 0 N–H and O–H groups in total. The summed E-state index contributed by atoms with van der Waals surface area (Å²) in [5.41, 5.74) is 3.27. The lowest BCUT2D eigenvalue weighted by molar-refractivity contribution is 0.0526. The summed E-state index contributed by atoms with van der Waals surface area (Å²) in [4.78, 5) is 11.7. The van der Waals surface area contributed by atoms with Gasteiger partial charge in [-0.05, 0) is 49.6 Å². The van der Waals surface area contributed by atoms with Gasteiger partial charge in [-0.25, -0.2) is 4.79 Å². The maximum atomic E-state index is 11.7. The van der Waals surface area contributed by atoms with E-state index in [0.29, 0.717) is 12.2 Å². The standard InChI is InChI=1S/C20H24N2O2/c1-3-5-6-7-8-17-14-22(15-18(17)13-21)19-11-9-16(10-12-19)20(23)24-4-2/h9-12,14-15H,3-8H2,1-2H3. The maximum absolute atomic E-state index is 11.7. The SMILES string of the molecule is CCCCCCc1cn(-c2ccc(C(=O)OCC)cc2)cc1C#N. The fourth-order valence-electron chi connectivity index (χ4n) is 2.67. The van der Waals surface area contributed by atoms with Crippen molar-refractivity contribution in [3.8, 4) is 11.8 Å². The molecule has 4 nitrogen and oxygen atoms in total. The van der Waals surface area contributed by atoms with E-state index in [-0.39, 0.29) is 5.97 Å². The summed E-state index contributed by atoms with van der Waals surface area (Å²) in [5, 5.41) is 9.33. The van der Waals surface area contributed by atoms with Crippen molar-refractivity contribution in [2.45, 2.75) is 46.0 Å². The van der Waals surface area contributed by atoms with E-state index >= 15 is 0 Å². The van der Waals surface area contributed by atoms with Crippen LogP contribution in [-0.4, -0.2) is 17.1 Å². The number of nitrogens with zero attached hydrogens (tertiary/aromatic N) is 2. The molecule has 2 rings (SSSR count). The molecule has 0 aliphatic rings. The van der Waals surface area contributed by atoms with Crippen LogP contribution in [0, 0.1) is 11.3 Å². The molecule has 126 valence electrons. The van der Waals surface area contributed by atoms with E-state index in [9.17, 15) is 10.1 Å². The number of aryl methyl sites for hydroxylation is 1. The third kappa shape index (κ3) is 4.48. The maximum Gasteiger partial charge on any atom is 0.338 e. The van der Waals surface area contributed by atoms with Gasteiger partial charge in [-0.1, -0.05) is 26.2 Å². The molecule has 4 heteroatoms. The van der Waals surface area contributed by atoms with Crippen LogP contribution >= 0.6 is 0 Å². The van der Waals surface area contributed by atoms with Gasteiger partial charge in [0.1, 0.15) is 6.07 Å². The molecular formula is C20H24N2O2. The van der Waals surface area contributed by atoms with Gasteiger partial charge >= 0.3 is 5.97 Å². The zero-order valence-corrected chi connectivity index (χ0v) is 14.4. The smallest absolute Gasteiger partial charge is 0.338 e. The second kappa shape index (κ2) is 8.93. The van der Waals surface area contributed by atoms with E-state index in [2.05, 4.69) is 13.0 Å². The molecule has 0 aliphatic carbocycles. The zero-order valence-electron chi connectivity index (χ0n) is 14.4. The highest BCUT2D eigenvalue weighted by Crippen LogP contribution is 2.19. The lowest BCUT2D eigenvalue weighted by atomic mass is 10.1. The van der Waals surface area contributed by atoms with Crippen LogP contribution in [0.1, 0.15) is 61.0 Å². The first-order chi connectivity index (χ1) is 11.7. The minimum absolute atomic E-state index is 0.314. The third-order valence-corrected chi connectivity index (χ3v) is 4.01. The Bertz CT molecular complexity index is 708. The number of nitriles is 1. The van der Waals surface area contributed by atoms with E-state index in [1.54, 1.807) is 19.1 Å². The Labute approximate surface area is 143 Å². The molecule has 0 amide bonds. The van der Waals surface area contributed by atoms with Crippen LogP contribution in [0.3, 0.4) is 0 Å². The van der Waals surface area contributed by atoms with Gasteiger partial charge < -0.3 is 9.30 Å².